The highest BCUT2D eigenvalue weighted by Crippen LogP contribution is 2.14. The molecule has 1 aromatic rings. The van der Waals surface area contributed by atoms with E-state index in [2.05, 4.69) is 22.8 Å². The molecule has 28 heavy (non-hydrogen) atoms. The Bertz CT molecular complexity index is 669. The number of benzene rings is 1. The van der Waals surface area contributed by atoms with Gasteiger partial charge >= 0.3 is 0 Å². The number of halogens is 2. The molecule has 0 heterocycles. The number of hydrogen-bond donors (Lipinski definition) is 2. The summed E-state index contributed by atoms with van der Waals surface area (Å²) in [6.07, 6.45) is 10.2. The van der Waals surface area contributed by atoms with Gasteiger partial charge in [-0.1, -0.05) is 74.6 Å². The summed E-state index contributed by atoms with van der Waals surface area (Å²) in [4.78, 5) is 0. The van der Waals surface area contributed by atoms with Crippen LogP contribution in [0.4, 0.5) is 8.78 Å². The highest BCUT2D eigenvalue weighted by Gasteiger charge is 2.08. The fourth-order valence-corrected chi connectivity index (χ4v) is 3.12. The van der Waals surface area contributed by atoms with Crippen molar-refractivity contribution in [1.29, 1.82) is 0 Å². The molecule has 0 fully saturated rings. The lowest BCUT2D eigenvalue weighted by molar-refractivity contribution is 0.400. The molecule has 156 valence electrons. The summed E-state index contributed by atoms with van der Waals surface area (Å²) in [5.41, 5.74) is 4.77. The molecule has 2 aliphatic carbocycles. The lowest BCUT2D eigenvalue weighted by Crippen LogP contribution is -2.21. The SMILES string of the molecule is CC.FC1C=CC(CNCc2ccccc2CNCC2=CCC(F)C=C2)=CC1.[HH].[HH]. The van der Waals surface area contributed by atoms with Crippen LogP contribution < -0.4 is 10.6 Å². The Kier molecular flexibility index (Phi) is 9.87. The van der Waals surface area contributed by atoms with E-state index in [1.807, 2.05) is 50.3 Å². The standard InChI is InChI=1S/C22H26F2N2.C2H6.2H2/c23-21-9-5-17(6-10-21)13-25-15-19-3-1-2-4-20(19)16-26-14-18-7-11-22(24)12-8-18;1-2;;/h1-9,11,21-22,25-26H,10,12-16H2;1-2H3;2*1H. The molecule has 0 saturated carbocycles. The predicted octanol–water partition coefficient (Wildman–Crippen LogP) is 5.83. The number of nitrogens with one attached hydrogen (secondary N) is 2. The van der Waals surface area contributed by atoms with Crippen molar-refractivity contribution in [2.24, 2.45) is 0 Å². The molecule has 0 bridgehead atoms. The van der Waals surface area contributed by atoms with Crippen LogP contribution in [0.5, 0.6) is 0 Å². The van der Waals surface area contributed by atoms with Crippen molar-refractivity contribution < 1.29 is 11.6 Å². The van der Waals surface area contributed by atoms with Crippen LogP contribution in [0.1, 0.15) is 40.7 Å². The maximum absolute atomic E-state index is 13.1. The van der Waals surface area contributed by atoms with Gasteiger partial charge in [-0.05, 0) is 22.3 Å². The molecule has 0 amide bonds. The summed E-state index contributed by atoms with van der Waals surface area (Å²) in [5, 5.41) is 6.87. The lowest BCUT2D eigenvalue weighted by Gasteiger charge is -2.14. The largest absolute Gasteiger partial charge is 0.309 e. The third kappa shape index (κ3) is 7.53. The topological polar surface area (TPSA) is 24.1 Å². The fraction of sp³-hybridized carbons (Fsp3) is 0.417. The van der Waals surface area contributed by atoms with Gasteiger partial charge in [-0.15, -0.1) is 0 Å². The van der Waals surface area contributed by atoms with Crippen LogP contribution >= 0.6 is 0 Å². The van der Waals surface area contributed by atoms with E-state index in [4.69, 9.17) is 0 Å². The molecule has 0 radical (unpaired) electrons. The average molecular weight is 391 g/mol. The van der Waals surface area contributed by atoms with Gasteiger partial charge in [0.2, 0.25) is 0 Å². The third-order valence-electron chi connectivity index (χ3n) is 4.66. The van der Waals surface area contributed by atoms with Gasteiger partial charge in [0.05, 0.1) is 0 Å². The molecule has 1 aromatic carbocycles. The van der Waals surface area contributed by atoms with E-state index in [9.17, 15) is 8.78 Å². The second kappa shape index (κ2) is 12.4. The van der Waals surface area contributed by atoms with E-state index < -0.39 is 12.3 Å². The van der Waals surface area contributed by atoms with Crippen LogP contribution in [-0.2, 0) is 13.1 Å². The first kappa shape index (κ1) is 22.3. The van der Waals surface area contributed by atoms with Crippen LogP contribution in [-0.4, -0.2) is 25.4 Å². The number of allylic oxidation sites excluding steroid dienone is 4. The predicted molar refractivity (Wildman–Crippen MR) is 119 cm³/mol. The van der Waals surface area contributed by atoms with Crippen LogP contribution in [0.15, 0.2) is 71.9 Å². The molecule has 0 aliphatic heterocycles. The smallest absolute Gasteiger partial charge is 0.122 e. The van der Waals surface area contributed by atoms with Crippen molar-refractivity contribution in [3.8, 4) is 0 Å². The van der Waals surface area contributed by atoms with Crippen molar-refractivity contribution in [3.63, 3.8) is 0 Å². The minimum Gasteiger partial charge on any atom is -0.309 e. The van der Waals surface area contributed by atoms with Gasteiger partial charge in [0.25, 0.3) is 0 Å². The quantitative estimate of drug-likeness (QED) is 0.583. The van der Waals surface area contributed by atoms with Gasteiger partial charge in [-0.25, -0.2) is 8.78 Å². The van der Waals surface area contributed by atoms with Gasteiger partial charge in [0, 0.05) is 41.9 Å². The van der Waals surface area contributed by atoms with Crippen molar-refractivity contribution in [3.05, 3.63) is 83.0 Å². The molecule has 0 saturated heterocycles. The Labute approximate surface area is 171 Å². The van der Waals surface area contributed by atoms with Gasteiger partial charge in [-0.2, -0.15) is 0 Å². The molecule has 0 spiro atoms. The maximum Gasteiger partial charge on any atom is 0.122 e. The zero-order valence-corrected chi connectivity index (χ0v) is 16.9. The minimum atomic E-state index is -0.838. The number of alkyl halides is 2. The van der Waals surface area contributed by atoms with Crippen LogP contribution in [0.2, 0.25) is 0 Å². The molecule has 2 unspecified atom stereocenters. The first-order valence-electron chi connectivity index (χ1n) is 10.2. The second-order valence-electron chi connectivity index (χ2n) is 6.76. The van der Waals surface area contributed by atoms with Crippen molar-refractivity contribution >= 4 is 0 Å². The van der Waals surface area contributed by atoms with Gasteiger partial charge in [0.1, 0.15) is 12.3 Å². The van der Waals surface area contributed by atoms with Gasteiger partial charge in [0.15, 0.2) is 0 Å². The Balaban J connectivity index is 0.00000204. The Morgan fingerprint density at radius 2 is 1.21 bits per heavy atom. The van der Waals surface area contributed by atoms with Crippen LogP contribution in [0.25, 0.3) is 0 Å². The molecule has 2 nitrogen and oxygen atoms in total. The fourth-order valence-electron chi connectivity index (χ4n) is 3.12. The van der Waals surface area contributed by atoms with Crippen molar-refractivity contribution in [1.82, 2.24) is 10.6 Å². The average Bonchev–Trinajstić information content (AvgIpc) is 2.73. The van der Waals surface area contributed by atoms with Crippen molar-refractivity contribution in [2.75, 3.05) is 13.1 Å². The maximum atomic E-state index is 13.1. The van der Waals surface area contributed by atoms with E-state index >= 15 is 0 Å². The molecular formula is C24H36F2N2. The van der Waals surface area contributed by atoms with E-state index in [0.717, 1.165) is 37.3 Å². The highest BCUT2D eigenvalue weighted by molar-refractivity contribution is 5.30. The first-order valence-corrected chi connectivity index (χ1v) is 10.2. The van der Waals surface area contributed by atoms with E-state index in [0.29, 0.717) is 12.8 Å². The molecule has 2 aliphatic rings. The van der Waals surface area contributed by atoms with Crippen LogP contribution in [0, 0.1) is 0 Å². The molecular weight excluding hydrogens is 354 g/mol. The van der Waals surface area contributed by atoms with Crippen molar-refractivity contribution in [2.45, 2.75) is 52.1 Å². The van der Waals surface area contributed by atoms with Gasteiger partial charge in [-0.3, -0.25) is 0 Å². The molecule has 2 atom stereocenters. The third-order valence-corrected chi connectivity index (χ3v) is 4.66. The summed E-state index contributed by atoms with van der Waals surface area (Å²) in [6.45, 7) is 7.03. The lowest BCUT2D eigenvalue weighted by atomic mass is 10.0. The second-order valence-corrected chi connectivity index (χ2v) is 6.76. The van der Waals surface area contributed by atoms with E-state index in [-0.39, 0.29) is 2.85 Å². The monoisotopic (exact) mass is 390 g/mol. The zero-order valence-electron chi connectivity index (χ0n) is 16.9. The molecule has 4 heteroatoms. The Hall–Kier alpha value is -2.04. The summed E-state index contributed by atoms with van der Waals surface area (Å²) in [7, 11) is 0. The summed E-state index contributed by atoms with van der Waals surface area (Å²) in [5.74, 6) is 0. The molecule has 0 aromatic heterocycles. The summed E-state index contributed by atoms with van der Waals surface area (Å²) >= 11 is 0. The minimum absolute atomic E-state index is 0. The first-order chi connectivity index (χ1) is 13.7. The Morgan fingerprint density at radius 3 is 1.57 bits per heavy atom. The highest BCUT2D eigenvalue weighted by atomic mass is 19.1. The summed E-state index contributed by atoms with van der Waals surface area (Å²) < 4.78 is 26.2. The Morgan fingerprint density at radius 1 is 0.786 bits per heavy atom. The summed E-state index contributed by atoms with van der Waals surface area (Å²) in [6, 6.07) is 8.34. The van der Waals surface area contributed by atoms with E-state index in [1.165, 1.54) is 11.1 Å². The number of hydrogen-bond acceptors (Lipinski definition) is 2. The van der Waals surface area contributed by atoms with Crippen LogP contribution in [0.3, 0.4) is 0 Å². The van der Waals surface area contributed by atoms with Gasteiger partial charge < -0.3 is 10.6 Å². The molecule has 2 N–H and O–H groups in total. The van der Waals surface area contributed by atoms with E-state index in [1.54, 1.807) is 12.2 Å². The molecule has 3 rings (SSSR count). The number of rotatable bonds is 8. The normalized spacial score (nSPS) is 20.9. The zero-order chi connectivity index (χ0) is 20.2.